The molecule has 0 heterocycles. The summed E-state index contributed by atoms with van der Waals surface area (Å²) >= 11 is 0. The Morgan fingerprint density at radius 3 is 2.00 bits per heavy atom. The Morgan fingerprint density at radius 2 is 1.65 bits per heavy atom. The van der Waals surface area contributed by atoms with E-state index in [4.69, 9.17) is 4.74 Å². The van der Waals surface area contributed by atoms with Crippen molar-refractivity contribution in [2.45, 2.75) is 79.7 Å². The van der Waals surface area contributed by atoms with Crippen molar-refractivity contribution in [3.8, 4) is 0 Å². The first-order valence-corrected chi connectivity index (χ1v) is 11.1. The van der Waals surface area contributed by atoms with Crippen LogP contribution >= 0.6 is 0 Å². The van der Waals surface area contributed by atoms with E-state index in [-0.39, 0.29) is 60.7 Å². The van der Waals surface area contributed by atoms with Crippen molar-refractivity contribution in [1.29, 1.82) is 0 Å². The molecule has 0 spiro atoms. The van der Waals surface area contributed by atoms with Crippen LogP contribution in [0.15, 0.2) is 0 Å². The van der Waals surface area contributed by atoms with Crippen LogP contribution in [0.3, 0.4) is 0 Å². The Hall–Kier alpha value is 0.000779. The van der Waals surface area contributed by atoms with Crippen molar-refractivity contribution in [1.82, 2.24) is 0 Å². The zero-order chi connectivity index (χ0) is 17.6. The van der Waals surface area contributed by atoms with Crippen LogP contribution in [0.25, 0.3) is 0 Å². The number of hydrogen-bond acceptors (Lipinski definition) is 1. The fourth-order valence-corrected chi connectivity index (χ4v) is 3.46. The van der Waals surface area contributed by atoms with Crippen molar-refractivity contribution < 1.29 is 55.0 Å². The van der Waals surface area contributed by atoms with E-state index in [2.05, 4.69) is 26.9 Å². The van der Waals surface area contributed by atoms with Crippen molar-refractivity contribution in [2.24, 2.45) is 5.92 Å². The van der Waals surface area contributed by atoms with E-state index >= 15 is 0 Å². The van der Waals surface area contributed by atoms with E-state index in [0.717, 1.165) is 0 Å². The molecule has 0 saturated heterocycles. The van der Waals surface area contributed by atoms with E-state index in [1.165, 1.54) is 12.0 Å². The van der Waals surface area contributed by atoms with Gasteiger partial charge in [-0.1, -0.05) is 46.7 Å². The molecule has 0 rings (SSSR count). The van der Waals surface area contributed by atoms with Crippen LogP contribution in [0.4, 0.5) is 17.6 Å². The standard InChI is InChI=1S/C9H16F3O.C7H16FSi.2CH4.Rf.Y/c1-3-13-7-5-4-6-8(2)9(10,11)12;1-7(4-5-8)6-9(2)3;;;;/h8H,2-7H2,1H3;9H,4-6H2,1-3H3;2*1H4;;/q2*-1;;;;. The Morgan fingerprint density at radius 1 is 1.15 bits per heavy atom. The van der Waals surface area contributed by atoms with Gasteiger partial charge in [0.15, 0.2) is 0 Å². The maximum Gasteiger partial charge on any atom is 0.365 e. The summed E-state index contributed by atoms with van der Waals surface area (Å²) in [4.78, 5) is 0. The normalized spacial score (nSPS) is 11.2. The third-order valence-corrected chi connectivity index (χ3v) is 4.55. The second kappa shape index (κ2) is 25.0. The fourth-order valence-electron chi connectivity index (χ4n) is 1.86. The van der Waals surface area contributed by atoms with Gasteiger partial charge < -0.3 is 17.6 Å². The molecule has 0 amide bonds. The van der Waals surface area contributed by atoms with Crippen LogP contribution in [-0.4, -0.2) is 34.9 Å². The molecule has 26 heavy (non-hydrogen) atoms. The summed E-state index contributed by atoms with van der Waals surface area (Å²) in [6.07, 6.45) is -2.17. The summed E-state index contributed by atoms with van der Waals surface area (Å²) in [7, 11) is -0.464. The van der Waals surface area contributed by atoms with Gasteiger partial charge in [-0.25, -0.2) is 0 Å². The third kappa shape index (κ3) is 31.7. The molecular weight excluding hydrogens is 692 g/mol. The largest absolute Gasteiger partial charge is 0.382 e. The van der Waals surface area contributed by atoms with Gasteiger partial charge in [0.2, 0.25) is 0 Å². The number of ether oxygens (including phenoxy) is 1. The van der Waals surface area contributed by atoms with Gasteiger partial charge in [0.05, 0.1) is 6.67 Å². The molecule has 0 fully saturated rings. The van der Waals surface area contributed by atoms with E-state index in [0.29, 0.717) is 32.5 Å². The first kappa shape index (κ1) is 40.6. The smallest absolute Gasteiger partial charge is 0.365 e. The van der Waals surface area contributed by atoms with Crippen molar-refractivity contribution >= 4 is 8.80 Å². The van der Waals surface area contributed by atoms with Gasteiger partial charge in [-0.05, 0) is 13.3 Å². The Balaban J connectivity index is -0.0000000697. The molecule has 1 unspecified atom stereocenters. The number of halogens is 4. The first-order valence-electron chi connectivity index (χ1n) is 7.99. The van der Waals surface area contributed by atoms with Gasteiger partial charge in [0, 0.05) is 54.7 Å². The summed E-state index contributed by atoms with van der Waals surface area (Å²) in [5.41, 5.74) is 0. The average molecular weight is 733 g/mol. The van der Waals surface area contributed by atoms with Gasteiger partial charge in [0.25, 0.3) is 0 Å². The van der Waals surface area contributed by atoms with Crippen LogP contribution in [-0.2, 0) is 37.4 Å². The maximum absolute atomic E-state index is 11.9. The Kier molecular flexibility index (Phi) is 39.1. The zero-order valence-electron chi connectivity index (χ0n) is 15.7. The molecule has 1 nitrogen and oxygen atoms in total. The molecule has 0 aromatic carbocycles. The summed E-state index contributed by atoms with van der Waals surface area (Å²) in [5, 5.41) is 0. The van der Waals surface area contributed by atoms with Gasteiger partial charge >= 0.3 is 6.18 Å². The van der Waals surface area contributed by atoms with Crippen LogP contribution in [0.5, 0.6) is 0 Å². The number of rotatable bonds is 10. The second-order valence-corrected chi connectivity index (χ2v) is 9.12. The van der Waals surface area contributed by atoms with Crippen LogP contribution < -0.4 is 0 Å². The minimum atomic E-state index is -4.15. The molecule has 1 atom stereocenters. The predicted octanol–water partition coefficient (Wildman–Crippen LogP) is 6.90. The molecule has 0 N–H and O–H groups in total. The monoisotopic (exact) mass is 732 g/mol. The summed E-state index contributed by atoms with van der Waals surface area (Å²) in [6.45, 7) is 12.6. The van der Waals surface area contributed by atoms with Gasteiger partial charge in [0.1, 0.15) is 0 Å². The molecule has 0 aromatic rings. The molecule has 0 aliphatic carbocycles. The van der Waals surface area contributed by atoms with Crippen LogP contribution in [0.2, 0.25) is 19.1 Å². The summed E-state index contributed by atoms with van der Waals surface area (Å²) in [6, 6.07) is 1.21. The molecular formula is C18H40F4ORfSiY-2. The Labute approximate surface area is 181 Å². The minimum absolute atomic E-state index is 0. The molecule has 0 aliphatic rings. The maximum atomic E-state index is 11.9. The molecule has 0 bridgehead atoms. The average Bonchev–Trinajstić information content (AvgIpc) is 2.37. The third-order valence-electron chi connectivity index (χ3n) is 3.04. The zero-order valence-corrected chi connectivity index (χ0v) is 26.1. The first-order chi connectivity index (χ1) is 10.1. The predicted molar refractivity (Wildman–Crippen MR) is 102 cm³/mol. The number of unbranched alkanes of at least 4 members (excludes halogenated alkanes) is 1. The SMILES string of the molecule is C.C.C[C-](CCF)C[SiH](C)C.[CH2-]C(CCCCOCC)C(F)(F)F.[Rf].[Y]. The van der Waals surface area contributed by atoms with Crippen molar-refractivity contribution in [2.75, 3.05) is 19.9 Å². The van der Waals surface area contributed by atoms with E-state index < -0.39 is 20.9 Å². The second-order valence-electron chi connectivity index (χ2n) is 5.93. The fraction of sp³-hybridized carbons (Fsp3) is 0.889. The van der Waals surface area contributed by atoms with Gasteiger partial charge in [-0.2, -0.15) is 26.1 Å². The van der Waals surface area contributed by atoms with Gasteiger partial charge in [-0.3, -0.25) is 4.39 Å². The molecule has 1 radical (unpaired) electrons. The van der Waals surface area contributed by atoms with E-state index in [9.17, 15) is 17.6 Å². The number of alkyl halides is 4. The molecule has 0 aliphatic heterocycles. The molecule has 8 heteroatoms. The molecule has 0 aromatic heterocycles. The topological polar surface area (TPSA) is 9.23 Å². The van der Waals surface area contributed by atoms with E-state index in [1.54, 1.807) is 0 Å². The van der Waals surface area contributed by atoms with Crippen LogP contribution in [0, 0.1) is 18.8 Å². The minimum Gasteiger partial charge on any atom is -0.382 e. The Bertz CT molecular complexity index is 248. The van der Waals surface area contributed by atoms with Crippen molar-refractivity contribution in [3.05, 3.63) is 12.8 Å². The summed E-state index contributed by atoms with van der Waals surface area (Å²) < 4.78 is 52.5. The van der Waals surface area contributed by atoms with Crippen molar-refractivity contribution in [3.63, 3.8) is 0 Å². The molecule has 157 valence electrons. The molecule has 0 saturated carbocycles. The van der Waals surface area contributed by atoms with E-state index in [1.807, 2.05) is 6.92 Å². The van der Waals surface area contributed by atoms with Gasteiger partial charge in [-0.15, -0.1) is 6.42 Å². The number of hydrogen-bond donors (Lipinski definition) is 0. The van der Waals surface area contributed by atoms with Crippen LogP contribution in [0.1, 0.15) is 54.4 Å². The summed E-state index contributed by atoms with van der Waals surface area (Å²) in [5.74, 6) is -0.0895. The quantitative estimate of drug-likeness (QED) is 0.103.